The molecule has 3 amide bonds. The van der Waals surface area contributed by atoms with E-state index < -0.39 is 29.7 Å². The molecular weight excluding hydrogens is 474 g/mol. The monoisotopic (exact) mass is 517 g/mol. The van der Waals surface area contributed by atoms with Crippen molar-refractivity contribution in [2.45, 2.75) is 90.8 Å². The number of rotatable bonds is 11. The maximum Gasteiger partial charge on any atom is 0.408 e. The molecule has 0 saturated heterocycles. The van der Waals surface area contributed by atoms with Crippen LogP contribution >= 0.6 is 0 Å². The van der Waals surface area contributed by atoms with Gasteiger partial charge in [0.15, 0.2) is 0 Å². The first kappa shape index (κ1) is 30.1. The van der Waals surface area contributed by atoms with Gasteiger partial charge in [0.2, 0.25) is 11.8 Å². The number of alkyl carbamates (subject to hydrolysis) is 1. The number of aliphatic carboxylic acids is 1. The van der Waals surface area contributed by atoms with Crippen molar-refractivity contribution in [1.29, 1.82) is 0 Å². The van der Waals surface area contributed by atoms with Crippen LogP contribution in [0.4, 0.5) is 4.79 Å². The Morgan fingerprint density at radius 1 is 0.973 bits per heavy atom. The van der Waals surface area contributed by atoms with E-state index in [1.54, 1.807) is 20.8 Å². The number of hydrogen-bond donors (Lipinski definition) is 4. The Morgan fingerprint density at radius 3 is 2.14 bits per heavy atom. The summed E-state index contributed by atoms with van der Waals surface area (Å²) < 4.78 is 5.30. The number of carboxylic acids is 1. The number of nitrogens with one attached hydrogen (secondary N) is 3. The zero-order chi connectivity index (χ0) is 27.6. The number of carbonyl (C=O) groups is 4. The molecule has 0 heterocycles. The van der Waals surface area contributed by atoms with Crippen molar-refractivity contribution < 1.29 is 29.0 Å². The van der Waals surface area contributed by atoms with Crippen LogP contribution in [0.2, 0.25) is 0 Å². The van der Waals surface area contributed by atoms with E-state index in [1.165, 1.54) is 0 Å². The number of carboxylic acid groups (broad SMARTS) is 1. The van der Waals surface area contributed by atoms with E-state index in [-0.39, 0.29) is 36.0 Å². The van der Waals surface area contributed by atoms with Gasteiger partial charge in [-0.2, -0.15) is 0 Å². The largest absolute Gasteiger partial charge is 0.480 e. The van der Waals surface area contributed by atoms with E-state index >= 15 is 0 Å². The second-order valence-corrected chi connectivity index (χ2v) is 11.4. The summed E-state index contributed by atoms with van der Waals surface area (Å²) in [6.45, 7) is 9.74. The average Bonchev–Trinajstić information content (AvgIpc) is 2.81. The summed E-state index contributed by atoms with van der Waals surface area (Å²) in [6.07, 6.45) is 2.88. The zero-order valence-electron chi connectivity index (χ0n) is 22.7. The van der Waals surface area contributed by atoms with Crippen molar-refractivity contribution in [3.63, 3.8) is 0 Å². The fourth-order valence-corrected chi connectivity index (χ4v) is 4.49. The SMILES string of the molecule is CC(C)C[C@H](NC(=O)OC(C)(C)C)C(=O)NCC1CCC(C(=O)N[C@@H](Cc2ccccc2)C(=O)O)CC1. The van der Waals surface area contributed by atoms with Crippen LogP contribution in [-0.2, 0) is 25.5 Å². The van der Waals surface area contributed by atoms with E-state index in [4.69, 9.17) is 4.74 Å². The fraction of sp³-hybridized carbons (Fsp3) is 0.643. The van der Waals surface area contributed by atoms with Gasteiger partial charge in [-0.3, -0.25) is 9.59 Å². The predicted molar refractivity (Wildman–Crippen MR) is 141 cm³/mol. The van der Waals surface area contributed by atoms with E-state index in [0.717, 1.165) is 18.4 Å². The second-order valence-electron chi connectivity index (χ2n) is 11.4. The number of ether oxygens (including phenoxy) is 1. The van der Waals surface area contributed by atoms with Crippen molar-refractivity contribution in [1.82, 2.24) is 16.0 Å². The van der Waals surface area contributed by atoms with Crippen molar-refractivity contribution in [2.75, 3.05) is 6.54 Å². The Hall–Kier alpha value is -3.10. The minimum atomic E-state index is -1.05. The van der Waals surface area contributed by atoms with Crippen LogP contribution in [0.1, 0.15) is 72.3 Å². The molecule has 0 aromatic heterocycles. The molecule has 0 aliphatic heterocycles. The van der Waals surface area contributed by atoms with Gasteiger partial charge in [-0.15, -0.1) is 0 Å². The third-order valence-corrected chi connectivity index (χ3v) is 6.39. The Kier molecular flexibility index (Phi) is 11.4. The lowest BCUT2D eigenvalue weighted by Crippen LogP contribution is -2.50. The van der Waals surface area contributed by atoms with Gasteiger partial charge >= 0.3 is 12.1 Å². The summed E-state index contributed by atoms with van der Waals surface area (Å²) >= 11 is 0. The van der Waals surface area contributed by atoms with Crippen LogP contribution in [0.5, 0.6) is 0 Å². The van der Waals surface area contributed by atoms with E-state index in [9.17, 15) is 24.3 Å². The highest BCUT2D eigenvalue weighted by Crippen LogP contribution is 2.29. The van der Waals surface area contributed by atoms with Crippen molar-refractivity contribution >= 4 is 23.9 Å². The molecule has 1 aromatic rings. The molecule has 0 radical (unpaired) electrons. The lowest BCUT2D eigenvalue weighted by atomic mass is 9.81. The van der Waals surface area contributed by atoms with Crippen molar-refractivity contribution in [3.05, 3.63) is 35.9 Å². The maximum absolute atomic E-state index is 12.8. The summed E-state index contributed by atoms with van der Waals surface area (Å²) in [6, 6.07) is 7.58. The van der Waals surface area contributed by atoms with E-state index in [0.29, 0.717) is 25.8 Å². The molecular formula is C28H43N3O6. The minimum absolute atomic E-state index is 0.205. The smallest absolute Gasteiger partial charge is 0.408 e. The standard InChI is InChI=1S/C28H43N3O6/c1-18(2)15-22(31-27(36)37-28(3,4)5)25(33)29-17-20-11-13-21(14-12-20)24(32)30-23(26(34)35)16-19-9-7-6-8-10-19/h6-10,18,20-23H,11-17H2,1-5H3,(H,29,33)(H,30,32)(H,31,36)(H,34,35)/t20?,21?,22-,23-/m0/s1. The van der Waals surface area contributed by atoms with Gasteiger partial charge in [0.05, 0.1) is 0 Å². The van der Waals surface area contributed by atoms with Crippen LogP contribution in [0.3, 0.4) is 0 Å². The third-order valence-electron chi connectivity index (χ3n) is 6.39. The molecule has 0 bridgehead atoms. The fourth-order valence-electron chi connectivity index (χ4n) is 4.49. The molecule has 2 rings (SSSR count). The molecule has 0 spiro atoms. The van der Waals surface area contributed by atoms with Gasteiger partial charge in [0, 0.05) is 18.9 Å². The summed E-state index contributed by atoms with van der Waals surface area (Å²) in [4.78, 5) is 49.5. The first-order chi connectivity index (χ1) is 17.3. The first-order valence-corrected chi connectivity index (χ1v) is 13.2. The minimum Gasteiger partial charge on any atom is -0.480 e. The normalized spacial score (nSPS) is 19.4. The highest BCUT2D eigenvalue weighted by molar-refractivity contribution is 5.86. The molecule has 1 saturated carbocycles. The summed E-state index contributed by atoms with van der Waals surface area (Å²) in [5.41, 5.74) is 0.200. The summed E-state index contributed by atoms with van der Waals surface area (Å²) in [5, 5.41) is 17.9. The maximum atomic E-state index is 12.8. The number of benzene rings is 1. The number of carbonyl (C=O) groups excluding carboxylic acids is 3. The molecule has 4 N–H and O–H groups in total. The molecule has 9 heteroatoms. The Balaban J connectivity index is 1.81. The highest BCUT2D eigenvalue weighted by Gasteiger charge is 2.31. The first-order valence-electron chi connectivity index (χ1n) is 13.2. The second kappa shape index (κ2) is 14.0. The topological polar surface area (TPSA) is 134 Å². The molecule has 206 valence electrons. The molecule has 1 fully saturated rings. The molecule has 37 heavy (non-hydrogen) atoms. The average molecular weight is 518 g/mol. The molecule has 0 unspecified atom stereocenters. The zero-order valence-corrected chi connectivity index (χ0v) is 22.7. The van der Waals surface area contributed by atoms with Crippen LogP contribution in [0, 0.1) is 17.8 Å². The number of amides is 3. The summed E-state index contributed by atoms with van der Waals surface area (Å²) in [7, 11) is 0. The lowest BCUT2D eigenvalue weighted by Gasteiger charge is -2.29. The van der Waals surface area contributed by atoms with Crippen LogP contribution in [-0.4, -0.2) is 53.2 Å². The van der Waals surface area contributed by atoms with Gasteiger partial charge in [-0.05, 0) is 70.3 Å². The lowest BCUT2D eigenvalue weighted by molar-refractivity contribution is -0.142. The van der Waals surface area contributed by atoms with Crippen LogP contribution in [0.25, 0.3) is 0 Å². The van der Waals surface area contributed by atoms with Gasteiger partial charge in [-0.1, -0.05) is 44.2 Å². The van der Waals surface area contributed by atoms with Gasteiger partial charge in [-0.25, -0.2) is 9.59 Å². The quantitative estimate of drug-likeness (QED) is 0.354. The van der Waals surface area contributed by atoms with Crippen LogP contribution < -0.4 is 16.0 Å². The summed E-state index contributed by atoms with van der Waals surface area (Å²) in [5.74, 6) is -1.35. The van der Waals surface area contributed by atoms with Crippen molar-refractivity contribution in [3.8, 4) is 0 Å². The van der Waals surface area contributed by atoms with E-state index in [2.05, 4.69) is 16.0 Å². The molecule has 9 nitrogen and oxygen atoms in total. The third kappa shape index (κ3) is 11.2. The van der Waals surface area contributed by atoms with E-state index in [1.807, 2.05) is 44.2 Å². The van der Waals surface area contributed by atoms with Gasteiger partial charge < -0.3 is 25.8 Å². The molecule has 2 atom stereocenters. The highest BCUT2D eigenvalue weighted by atomic mass is 16.6. The van der Waals surface area contributed by atoms with Gasteiger partial charge in [0.25, 0.3) is 0 Å². The Bertz CT molecular complexity index is 904. The van der Waals surface area contributed by atoms with Gasteiger partial charge in [0.1, 0.15) is 17.7 Å². The Labute approximate surface area is 220 Å². The molecule has 1 aliphatic rings. The molecule has 1 aliphatic carbocycles. The molecule has 1 aromatic carbocycles. The number of hydrogen-bond acceptors (Lipinski definition) is 5. The van der Waals surface area contributed by atoms with Crippen molar-refractivity contribution in [2.24, 2.45) is 17.8 Å². The predicted octanol–water partition coefficient (Wildman–Crippen LogP) is 3.66. The Morgan fingerprint density at radius 2 is 1.59 bits per heavy atom. The van der Waals surface area contributed by atoms with Crippen LogP contribution in [0.15, 0.2) is 30.3 Å².